The molecule has 0 bridgehead atoms. The molecule has 2 aromatic rings. The minimum absolute atomic E-state index is 0.0538. The van der Waals surface area contributed by atoms with Crippen molar-refractivity contribution in [3.63, 3.8) is 0 Å². The van der Waals surface area contributed by atoms with Crippen LogP contribution in [-0.4, -0.2) is 70.1 Å². The second kappa shape index (κ2) is 11.6. The Balaban J connectivity index is 0.000000454. The number of benzene rings is 2. The lowest BCUT2D eigenvalue weighted by Crippen LogP contribution is -2.52. The Labute approximate surface area is 192 Å². The quantitative estimate of drug-likeness (QED) is 0.687. The molecular weight excluding hydrogens is 427 g/mol. The van der Waals surface area contributed by atoms with Crippen LogP contribution in [0.25, 0.3) is 0 Å². The normalized spacial score (nSPS) is 20.9. The molecule has 4 rings (SSSR count). The van der Waals surface area contributed by atoms with Gasteiger partial charge in [0.1, 0.15) is 5.82 Å². The highest BCUT2D eigenvalue weighted by Gasteiger charge is 2.30. The van der Waals surface area contributed by atoms with E-state index in [0.29, 0.717) is 17.5 Å². The molecule has 1 saturated carbocycles. The molecule has 1 aliphatic carbocycles. The van der Waals surface area contributed by atoms with Crippen LogP contribution in [0.4, 0.5) is 4.39 Å². The summed E-state index contributed by atoms with van der Waals surface area (Å²) < 4.78 is 13.4. The lowest BCUT2D eigenvalue weighted by molar-refractivity contribution is -0.159. The molecule has 2 aromatic carbocycles. The lowest BCUT2D eigenvalue weighted by atomic mass is 9.81. The summed E-state index contributed by atoms with van der Waals surface area (Å²) >= 11 is 0. The Morgan fingerprint density at radius 3 is 1.94 bits per heavy atom. The number of rotatable bonds is 3. The van der Waals surface area contributed by atoms with E-state index < -0.39 is 11.9 Å². The molecule has 2 fully saturated rings. The second-order valence-corrected chi connectivity index (χ2v) is 8.36. The average molecular weight is 457 g/mol. The summed E-state index contributed by atoms with van der Waals surface area (Å²) in [5.74, 6) is -3.36. The fourth-order valence-electron chi connectivity index (χ4n) is 4.59. The first-order valence-electron chi connectivity index (χ1n) is 11.1. The zero-order valence-electron chi connectivity index (χ0n) is 18.4. The SMILES string of the molecule is O=C(O)C(=O)O.O=C(c1cccc(F)c1)N1CCN(C2CCC(c3ccccc3)CC2)CC1. The highest BCUT2D eigenvalue weighted by Crippen LogP contribution is 2.35. The average Bonchev–Trinajstić information content (AvgIpc) is 2.85. The number of aliphatic carboxylic acids is 2. The lowest BCUT2D eigenvalue weighted by Gasteiger charge is -2.42. The molecule has 0 radical (unpaired) electrons. The largest absolute Gasteiger partial charge is 0.473 e. The van der Waals surface area contributed by atoms with Crippen molar-refractivity contribution in [2.45, 2.75) is 37.6 Å². The van der Waals surface area contributed by atoms with Crippen molar-refractivity contribution < 1.29 is 29.0 Å². The van der Waals surface area contributed by atoms with Crippen molar-refractivity contribution in [3.05, 3.63) is 71.5 Å². The second-order valence-electron chi connectivity index (χ2n) is 8.36. The van der Waals surface area contributed by atoms with E-state index in [9.17, 15) is 9.18 Å². The number of hydrogen-bond acceptors (Lipinski definition) is 4. The van der Waals surface area contributed by atoms with E-state index in [0.717, 1.165) is 26.2 Å². The number of carboxylic acid groups (broad SMARTS) is 2. The van der Waals surface area contributed by atoms with Crippen LogP contribution >= 0.6 is 0 Å². The Bertz CT molecular complexity index is 940. The van der Waals surface area contributed by atoms with Crippen LogP contribution < -0.4 is 0 Å². The smallest absolute Gasteiger partial charge is 0.414 e. The molecule has 7 nitrogen and oxygen atoms in total. The van der Waals surface area contributed by atoms with Gasteiger partial charge >= 0.3 is 11.9 Å². The van der Waals surface area contributed by atoms with Gasteiger partial charge in [0.15, 0.2) is 0 Å². The third-order valence-corrected chi connectivity index (χ3v) is 6.34. The molecule has 0 unspecified atom stereocenters. The summed E-state index contributed by atoms with van der Waals surface area (Å²) in [4.78, 5) is 35.2. The van der Waals surface area contributed by atoms with E-state index in [4.69, 9.17) is 19.8 Å². The fraction of sp³-hybridized carbons (Fsp3) is 0.400. The van der Waals surface area contributed by atoms with Crippen LogP contribution in [0, 0.1) is 5.82 Å². The van der Waals surface area contributed by atoms with E-state index in [1.807, 2.05) is 4.90 Å². The van der Waals surface area contributed by atoms with Crippen LogP contribution in [0.1, 0.15) is 47.5 Å². The zero-order valence-corrected chi connectivity index (χ0v) is 18.4. The van der Waals surface area contributed by atoms with E-state index in [1.165, 1.54) is 43.4 Å². The van der Waals surface area contributed by atoms with Gasteiger partial charge in [0.2, 0.25) is 0 Å². The Morgan fingerprint density at radius 2 is 1.39 bits per heavy atom. The maximum Gasteiger partial charge on any atom is 0.414 e. The minimum Gasteiger partial charge on any atom is -0.473 e. The Kier molecular flexibility index (Phi) is 8.54. The number of nitrogens with zero attached hydrogens (tertiary/aromatic N) is 2. The number of carboxylic acids is 2. The highest BCUT2D eigenvalue weighted by atomic mass is 19.1. The number of carbonyl (C=O) groups excluding carboxylic acids is 1. The van der Waals surface area contributed by atoms with Gasteiger partial charge in [-0.1, -0.05) is 36.4 Å². The maximum atomic E-state index is 13.4. The summed E-state index contributed by atoms with van der Waals surface area (Å²) in [7, 11) is 0. The standard InChI is InChI=1S/C23H27FN2O.C2H2O4/c24-21-8-4-7-20(17-21)23(27)26-15-13-25(14-16-26)22-11-9-19(10-12-22)18-5-2-1-3-6-18;3-1(4)2(5)6/h1-8,17,19,22H,9-16H2;(H,3,4)(H,5,6). The third kappa shape index (κ3) is 6.86. The summed E-state index contributed by atoms with van der Waals surface area (Å²) in [5.41, 5.74) is 1.92. The first-order chi connectivity index (χ1) is 15.8. The first-order valence-corrected chi connectivity index (χ1v) is 11.1. The highest BCUT2D eigenvalue weighted by molar-refractivity contribution is 6.27. The van der Waals surface area contributed by atoms with Crippen LogP contribution in [0.5, 0.6) is 0 Å². The van der Waals surface area contributed by atoms with Gasteiger partial charge in [0.05, 0.1) is 0 Å². The maximum absolute atomic E-state index is 13.4. The summed E-state index contributed by atoms with van der Waals surface area (Å²) in [6.07, 6.45) is 4.96. The molecule has 176 valence electrons. The molecule has 1 amide bonds. The van der Waals surface area contributed by atoms with Gasteiger partial charge in [0, 0.05) is 37.8 Å². The molecule has 0 atom stereocenters. The first kappa shape index (κ1) is 24.4. The number of piperazine rings is 1. The van der Waals surface area contributed by atoms with Gasteiger partial charge in [-0.2, -0.15) is 0 Å². The Hall–Kier alpha value is -3.26. The zero-order chi connectivity index (χ0) is 23.8. The van der Waals surface area contributed by atoms with Crippen molar-refractivity contribution in [3.8, 4) is 0 Å². The molecule has 2 N–H and O–H groups in total. The summed E-state index contributed by atoms with van der Waals surface area (Å²) in [6, 6.07) is 17.5. The summed E-state index contributed by atoms with van der Waals surface area (Å²) in [5, 5.41) is 14.8. The predicted octanol–water partition coefficient (Wildman–Crippen LogP) is 3.47. The number of carbonyl (C=O) groups is 3. The predicted molar refractivity (Wildman–Crippen MR) is 121 cm³/mol. The molecule has 2 aliphatic rings. The van der Waals surface area contributed by atoms with Gasteiger partial charge < -0.3 is 15.1 Å². The number of halogens is 1. The van der Waals surface area contributed by atoms with E-state index in [2.05, 4.69) is 35.2 Å². The number of amides is 1. The van der Waals surface area contributed by atoms with Crippen LogP contribution in [0.3, 0.4) is 0 Å². The monoisotopic (exact) mass is 456 g/mol. The van der Waals surface area contributed by atoms with Crippen LogP contribution in [0.15, 0.2) is 54.6 Å². The Morgan fingerprint density at radius 1 is 0.788 bits per heavy atom. The van der Waals surface area contributed by atoms with Crippen LogP contribution in [0.2, 0.25) is 0 Å². The molecule has 1 aliphatic heterocycles. The molecule has 1 saturated heterocycles. The molecular formula is C25H29FN2O5. The van der Waals surface area contributed by atoms with E-state index in [1.54, 1.807) is 12.1 Å². The fourth-order valence-corrected chi connectivity index (χ4v) is 4.59. The van der Waals surface area contributed by atoms with Gasteiger partial charge in [-0.15, -0.1) is 0 Å². The third-order valence-electron chi connectivity index (χ3n) is 6.34. The van der Waals surface area contributed by atoms with Crippen molar-refractivity contribution in [1.82, 2.24) is 9.80 Å². The van der Waals surface area contributed by atoms with Gasteiger partial charge in [-0.05, 0) is 55.4 Å². The van der Waals surface area contributed by atoms with Gasteiger partial charge in [0.25, 0.3) is 5.91 Å². The topological polar surface area (TPSA) is 98.1 Å². The molecule has 1 heterocycles. The minimum atomic E-state index is -1.82. The summed E-state index contributed by atoms with van der Waals surface area (Å²) in [6.45, 7) is 3.30. The van der Waals surface area contributed by atoms with E-state index >= 15 is 0 Å². The van der Waals surface area contributed by atoms with E-state index in [-0.39, 0.29) is 11.7 Å². The van der Waals surface area contributed by atoms with Crippen molar-refractivity contribution in [2.75, 3.05) is 26.2 Å². The van der Waals surface area contributed by atoms with Crippen molar-refractivity contribution in [1.29, 1.82) is 0 Å². The molecule has 0 aromatic heterocycles. The molecule has 0 spiro atoms. The number of hydrogen-bond donors (Lipinski definition) is 2. The molecule has 33 heavy (non-hydrogen) atoms. The van der Waals surface area contributed by atoms with Gasteiger partial charge in [-0.25, -0.2) is 14.0 Å². The van der Waals surface area contributed by atoms with Gasteiger partial charge in [-0.3, -0.25) is 9.69 Å². The van der Waals surface area contributed by atoms with Crippen molar-refractivity contribution >= 4 is 17.8 Å². The molecule has 8 heteroatoms. The van der Waals surface area contributed by atoms with Crippen molar-refractivity contribution in [2.24, 2.45) is 0 Å². The van der Waals surface area contributed by atoms with Crippen LogP contribution in [-0.2, 0) is 9.59 Å².